The summed E-state index contributed by atoms with van der Waals surface area (Å²) in [5.74, 6) is -0.0900. The molecule has 6 nitrogen and oxygen atoms in total. The summed E-state index contributed by atoms with van der Waals surface area (Å²) >= 11 is 1.64. The topological polar surface area (TPSA) is 85.8 Å². The Labute approximate surface area is 185 Å². The molecule has 158 valence electrons. The molecule has 0 fully saturated rings. The van der Waals surface area contributed by atoms with Crippen LogP contribution in [0.3, 0.4) is 0 Å². The molecule has 3 N–H and O–H groups in total. The molecule has 4 rings (SSSR count). The summed E-state index contributed by atoms with van der Waals surface area (Å²) in [6, 6.07) is 18.1. The average molecular weight is 432 g/mol. The molecule has 0 saturated heterocycles. The van der Waals surface area contributed by atoms with Gasteiger partial charge in [0.15, 0.2) is 0 Å². The number of hydrogen-bond acceptors (Lipinski definition) is 5. The number of carbonyl (C=O) groups is 1. The first-order valence-electron chi connectivity index (χ1n) is 10.3. The third-order valence-corrected chi connectivity index (χ3v) is 5.75. The molecule has 31 heavy (non-hydrogen) atoms. The first kappa shape index (κ1) is 20.8. The van der Waals surface area contributed by atoms with Gasteiger partial charge in [-0.2, -0.15) is 11.3 Å². The maximum Gasteiger partial charge on any atom is 0.224 e. The number of benzene rings is 2. The lowest BCUT2D eigenvalue weighted by atomic mass is 10.1. The van der Waals surface area contributed by atoms with Crippen LogP contribution in [0.2, 0.25) is 0 Å². The minimum atomic E-state index is -0.0900. The van der Waals surface area contributed by atoms with Gasteiger partial charge in [-0.15, -0.1) is 5.10 Å². The molecule has 0 bridgehead atoms. The molecule has 0 aliphatic heterocycles. The summed E-state index contributed by atoms with van der Waals surface area (Å²) in [5, 5.41) is 15.4. The van der Waals surface area contributed by atoms with Gasteiger partial charge in [0, 0.05) is 25.6 Å². The minimum Gasteiger partial charge on any atom is -0.397 e. The van der Waals surface area contributed by atoms with E-state index in [2.05, 4.69) is 45.3 Å². The molecule has 4 aromatic rings. The van der Waals surface area contributed by atoms with Gasteiger partial charge < -0.3 is 11.1 Å². The Morgan fingerprint density at radius 3 is 2.74 bits per heavy atom. The SMILES string of the molecule is Nc1ccc(-c2ccsc2)cc1NC(=O)CCc1cn(CCCc2ccccc2)nn1. The van der Waals surface area contributed by atoms with Crippen molar-refractivity contribution in [2.24, 2.45) is 0 Å². The van der Waals surface area contributed by atoms with E-state index in [-0.39, 0.29) is 5.91 Å². The minimum absolute atomic E-state index is 0.0900. The van der Waals surface area contributed by atoms with Crippen molar-refractivity contribution in [1.82, 2.24) is 15.0 Å². The van der Waals surface area contributed by atoms with E-state index in [1.54, 1.807) is 11.3 Å². The highest BCUT2D eigenvalue weighted by atomic mass is 32.1. The zero-order valence-electron chi connectivity index (χ0n) is 17.2. The van der Waals surface area contributed by atoms with Crippen molar-refractivity contribution in [2.75, 3.05) is 11.1 Å². The lowest BCUT2D eigenvalue weighted by Crippen LogP contribution is -2.13. The first-order chi connectivity index (χ1) is 15.2. The number of anilines is 2. The summed E-state index contributed by atoms with van der Waals surface area (Å²) in [7, 11) is 0. The number of hydrogen-bond donors (Lipinski definition) is 2. The van der Waals surface area contributed by atoms with Gasteiger partial charge in [-0.1, -0.05) is 41.6 Å². The van der Waals surface area contributed by atoms with E-state index >= 15 is 0 Å². The predicted octanol–water partition coefficient (Wildman–Crippen LogP) is 4.79. The summed E-state index contributed by atoms with van der Waals surface area (Å²) < 4.78 is 1.85. The van der Waals surface area contributed by atoms with Crippen LogP contribution in [0.25, 0.3) is 11.1 Å². The van der Waals surface area contributed by atoms with Crippen molar-refractivity contribution in [1.29, 1.82) is 0 Å². The molecule has 0 aliphatic carbocycles. The fourth-order valence-corrected chi connectivity index (χ4v) is 4.04. The van der Waals surface area contributed by atoms with Gasteiger partial charge in [0.25, 0.3) is 0 Å². The average Bonchev–Trinajstić information content (AvgIpc) is 3.47. The number of carbonyl (C=O) groups excluding carboxylic acids is 1. The second-order valence-electron chi connectivity index (χ2n) is 7.42. The standard InChI is InChI=1S/C24H25N5OS/c25-22-10-8-19(20-12-14-31-17-20)15-23(22)26-24(30)11-9-21-16-29(28-27-21)13-4-7-18-5-2-1-3-6-18/h1-3,5-6,8,10,12,14-17H,4,7,9,11,13,25H2,(H,26,30). The Balaban J connectivity index is 1.26. The molecule has 7 heteroatoms. The van der Waals surface area contributed by atoms with Crippen LogP contribution in [0, 0.1) is 0 Å². The van der Waals surface area contributed by atoms with Gasteiger partial charge in [0.2, 0.25) is 5.91 Å². The molecule has 2 aromatic heterocycles. The Kier molecular flexibility index (Phi) is 6.74. The van der Waals surface area contributed by atoms with Gasteiger partial charge in [-0.05, 0) is 58.5 Å². The first-order valence-corrected chi connectivity index (χ1v) is 11.3. The number of rotatable bonds is 9. The quantitative estimate of drug-likeness (QED) is 0.373. The van der Waals surface area contributed by atoms with Gasteiger partial charge in [-0.25, -0.2) is 0 Å². The van der Waals surface area contributed by atoms with Crippen LogP contribution in [0.15, 0.2) is 71.6 Å². The summed E-state index contributed by atoms with van der Waals surface area (Å²) in [6.45, 7) is 0.806. The van der Waals surface area contributed by atoms with Crippen LogP contribution in [0.1, 0.15) is 24.1 Å². The van der Waals surface area contributed by atoms with Crippen LogP contribution < -0.4 is 11.1 Å². The lowest BCUT2D eigenvalue weighted by Gasteiger charge is -2.10. The van der Waals surface area contributed by atoms with Crippen LogP contribution in [0.5, 0.6) is 0 Å². The number of nitrogens with one attached hydrogen (secondary N) is 1. The largest absolute Gasteiger partial charge is 0.397 e. The van der Waals surface area contributed by atoms with Crippen LogP contribution in [-0.4, -0.2) is 20.9 Å². The molecule has 2 aromatic carbocycles. The van der Waals surface area contributed by atoms with Crippen molar-refractivity contribution < 1.29 is 4.79 Å². The third-order valence-electron chi connectivity index (χ3n) is 5.07. The summed E-state index contributed by atoms with van der Waals surface area (Å²) in [6.07, 6.45) is 4.78. The Morgan fingerprint density at radius 2 is 1.94 bits per heavy atom. The number of nitrogens with two attached hydrogens (primary N) is 1. The molecule has 0 aliphatic rings. The maximum absolute atomic E-state index is 12.5. The molecule has 0 radical (unpaired) electrons. The normalized spacial score (nSPS) is 10.8. The maximum atomic E-state index is 12.5. The number of aryl methyl sites for hydroxylation is 3. The van der Waals surface area contributed by atoms with E-state index in [1.165, 1.54) is 5.56 Å². The highest BCUT2D eigenvalue weighted by molar-refractivity contribution is 7.08. The molecular weight excluding hydrogens is 406 g/mol. The molecule has 0 saturated carbocycles. The molecule has 0 atom stereocenters. The van der Waals surface area contributed by atoms with E-state index in [0.717, 1.165) is 36.2 Å². The highest BCUT2D eigenvalue weighted by Crippen LogP contribution is 2.28. The summed E-state index contributed by atoms with van der Waals surface area (Å²) in [4.78, 5) is 12.5. The lowest BCUT2D eigenvalue weighted by molar-refractivity contribution is -0.116. The molecule has 2 heterocycles. The number of aromatic nitrogens is 3. The monoisotopic (exact) mass is 431 g/mol. The fraction of sp³-hybridized carbons (Fsp3) is 0.208. The Hall–Kier alpha value is -3.45. The number of amides is 1. The second-order valence-corrected chi connectivity index (χ2v) is 8.20. The third kappa shape index (κ3) is 5.79. The molecule has 0 spiro atoms. The second kappa shape index (κ2) is 10.0. The van der Waals surface area contributed by atoms with Crippen molar-refractivity contribution in [3.05, 3.63) is 82.8 Å². The van der Waals surface area contributed by atoms with Crippen LogP contribution in [0.4, 0.5) is 11.4 Å². The molecular formula is C24H25N5OS. The zero-order chi connectivity index (χ0) is 21.5. The van der Waals surface area contributed by atoms with Gasteiger partial charge >= 0.3 is 0 Å². The van der Waals surface area contributed by atoms with Crippen molar-refractivity contribution in [2.45, 2.75) is 32.2 Å². The molecule has 0 unspecified atom stereocenters. The Morgan fingerprint density at radius 1 is 1.06 bits per heavy atom. The van der Waals surface area contributed by atoms with E-state index in [9.17, 15) is 4.79 Å². The zero-order valence-corrected chi connectivity index (χ0v) is 18.0. The van der Waals surface area contributed by atoms with E-state index in [1.807, 2.05) is 46.6 Å². The summed E-state index contributed by atoms with van der Waals surface area (Å²) in [5.41, 5.74) is 11.5. The van der Waals surface area contributed by atoms with E-state index in [0.29, 0.717) is 24.2 Å². The van der Waals surface area contributed by atoms with Crippen molar-refractivity contribution in [3.8, 4) is 11.1 Å². The number of nitrogens with zero attached hydrogens (tertiary/aromatic N) is 3. The number of thiophene rings is 1. The van der Waals surface area contributed by atoms with E-state index < -0.39 is 0 Å². The number of nitrogen functional groups attached to an aromatic ring is 1. The van der Waals surface area contributed by atoms with Crippen LogP contribution in [-0.2, 0) is 24.2 Å². The predicted molar refractivity (Wildman–Crippen MR) is 126 cm³/mol. The van der Waals surface area contributed by atoms with Gasteiger partial charge in [-0.3, -0.25) is 9.48 Å². The van der Waals surface area contributed by atoms with Crippen LogP contribution >= 0.6 is 11.3 Å². The molecule has 1 amide bonds. The smallest absolute Gasteiger partial charge is 0.224 e. The van der Waals surface area contributed by atoms with Gasteiger partial charge in [0.05, 0.1) is 17.1 Å². The van der Waals surface area contributed by atoms with Crippen molar-refractivity contribution >= 4 is 28.6 Å². The van der Waals surface area contributed by atoms with Gasteiger partial charge in [0.1, 0.15) is 0 Å². The fourth-order valence-electron chi connectivity index (χ4n) is 3.38. The highest BCUT2D eigenvalue weighted by Gasteiger charge is 2.10. The Bertz CT molecular complexity index is 1120. The van der Waals surface area contributed by atoms with Crippen molar-refractivity contribution in [3.63, 3.8) is 0 Å². The van der Waals surface area contributed by atoms with E-state index in [4.69, 9.17) is 5.73 Å².